The Bertz CT molecular complexity index is 1820. The fourth-order valence-electron chi connectivity index (χ4n) is 5.07. The lowest BCUT2D eigenvalue weighted by atomic mass is 10.0. The van der Waals surface area contributed by atoms with Crippen molar-refractivity contribution in [2.45, 2.75) is 0 Å². The lowest BCUT2D eigenvalue weighted by molar-refractivity contribution is 0.995. The van der Waals surface area contributed by atoms with Gasteiger partial charge >= 0.3 is 0 Å². The Balaban J connectivity index is 1.49. The molecule has 0 aliphatic carbocycles. The minimum atomic E-state index is 0.666. The molecule has 0 N–H and O–H groups in total. The van der Waals surface area contributed by atoms with E-state index >= 15 is 0 Å². The van der Waals surface area contributed by atoms with Crippen LogP contribution in [0.1, 0.15) is 0 Å². The van der Waals surface area contributed by atoms with Gasteiger partial charge in [-0.15, -0.1) is 0 Å². The molecular formula is C34H23N3. The summed E-state index contributed by atoms with van der Waals surface area (Å²) in [4.78, 5) is 10.3. The molecule has 7 aromatic rings. The second-order valence-corrected chi connectivity index (χ2v) is 9.12. The highest BCUT2D eigenvalue weighted by Crippen LogP contribution is 2.33. The molecule has 3 heteroatoms. The van der Waals surface area contributed by atoms with Gasteiger partial charge in [0.05, 0.1) is 22.4 Å². The maximum Gasteiger partial charge on any atom is 0.235 e. The van der Waals surface area contributed by atoms with E-state index in [9.17, 15) is 0 Å². The summed E-state index contributed by atoms with van der Waals surface area (Å²) in [6.45, 7) is 0. The first-order chi connectivity index (χ1) is 18.3. The van der Waals surface area contributed by atoms with Crippen LogP contribution in [0, 0.1) is 0 Å². The van der Waals surface area contributed by atoms with Crippen molar-refractivity contribution in [1.29, 1.82) is 0 Å². The van der Waals surface area contributed by atoms with Crippen molar-refractivity contribution < 1.29 is 0 Å². The SMILES string of the molecule is c1ccc(-c2cccc(-c3cc(-c4ccccc4)nc(-n4c5ccccc5c5ccccc54)n3)c2)cc1. The highest BCUT2D eigenvalue weighted by molar-refractivity contribution is 6.09. The van der Waals surface area contributed by atoms with Gasteiger partial charge in [-0.05, 0) is 35.4 Å². The molecule has 3 nitrogen and oxygen atoms in total. The summed E-state index contributed by atoms with van der Waals surface area (Å²) in [6.07, 6.45) is 0. The molecule has 0 spiro atoms. The molecule has 5 aromatic carbocycles. The van der Waals surface area contributed by atoms with Crippen LogP contribution < -0.4 is 0 Å². The topological polar surface area (TPSA) is 30.7 Å². The Kier molecular flexibility index (Phi) is 5.11. The van der Waals surface area contributed by atoms with Crippen molar-refractivity contribution in [3.63, 3.8) is 0 Å². The van der Waals surface area contributed by atoms with Gasteiger partial charge in [0.1, 0.15) is 0 Å². The quantitative estimate of drug-likeness (QED) is 0.256. The van der Waals surface area contributed by atoms with E-state index in [0.29, 0.717) is 5.95 Å². The maximum atomic E-state index is 5.16. The third-order valence-electron chi connectivity index (χ3n) is 6.83. The second kappa shape index (κ2) is 8.89. The van der Waals surface area contributed by atoms with Gasteiger partial charge in [0.2, 0.25) is 5.95 Å². The van der Waals surface area contributed by atoms with E-state index in [2.05, 4.69) is 120 Å². The van der Waals surface area contributed by atoms with Crippen LogP contribution in [0.5, 0.6) is 0 Å². The molecule has 0 aliphatic heterocycles. The first-order valence-electron chi connectivity index (χ1n) is 12.4. The van der Waals surface area contributed by atoms with Gasteiger partial charge in [0.25, 0.3) is 0 Å². The predicted octanol–water partition coefficient (Wildman–Crippen LogP) is 8.57. The molecule has 0 saturated heterocycles. The number of fused-ring (bicyclic) bond motifs is 3. The molecule has 0 saturated carbocycles. The molecule has 0 unspecified atom stereocenters. The van der Waals surface area contributed by atoms with Crippen molar-refractivity contribution in [1.82, 2.24) is 14.5 Å². The highest BCUT2D eigenvalue weighted by atomic mass is 15.2. The van der Waals surface area contributed by atoms with Crippen LogP contribution in [-0.2, 0) is 0 Å². The van der Waals surface area contributed by atoms with Crippen molar-refractivity contribution >= 4 is 21.8 Å². The summed E-state index contributed by atoms with van der Waals surface area (Å²) in [6, 6.07) is 48.4. The molecule has 0 bridgehead atoms. The lowest BCUT2D eigenvalue weighted by Crippen LogP contribution is -2.04. The number of nitrogens with zero attached hydrogens (tertiary/aromatic N) is 3. The molecule has 0 fully saturated rings. The first-order valence-corrected chi connectivity index (χ1v) is 12.4. The monoisotopic (exact) mass is 473 g/mol. The number of aromatic nitrogens is 3. The Morgan fingerprint density at radius 1 is 0.378 bits per heavy atom. The van der Waals surface area contributed by atoms with Gasteiger partial charge in [0, 0.05) is 21.9 Å². The molecule has 2 heterocycles. The molecular weight excluding hydrogens is 450 g/mol. The molecule has 0 radical (unpaired) electrons. The summed E-state index contributed by atoms with van der Waals surface area (Å²) >= 11 is 0. The third kappa shape index (κ3) is 3.78. The minimum absolute atomic E-state index is 0.666. The third-order valence-corrected chi connectivity index (χ3v) is 6.83. The van der Waals surface area contributed by atoms with Gasteiger partial charge < -0.3 is 0 Å². The number of hydrogen-bond acceptors (Lipinski definition) is 2. The van der Waals surface area contributed by atoms with Crippen molar-refractivity contribution in [2.75, 3.05) is 0 Å². The Hall–Kier alpha value is -5.02. The molecule has 174 valence electrons. The van der Waals surface area contributed by atoms with E-state index in [1.807, 2.05) is 24.3 Å². The molecule has 37 heavy (non-hydrogen) atoms. The zero-order chi connectivity index (χ0) is 24.6. The van der Waals surface area contributed by atoms with Crippen molar-refractivity contribution in [3.05, 3.63) is 140 Å². The summed E-state index contributed by atoms with van der Waals surface area (Å²) in [5.74, 6) is 0.666. The first kappa shape index (κ1) is 21.3. The fraction of sp³-hybridized carbons (Fsp3) is 0. The summed E-state index contributed by atoms with van der Waals surface area (Å²) in [5.41, 5.74) is 8.45. The van der Waals surface area contributed by atoms with E-state index in [1.165, 1.54) is 16.3 Å². The van der Waals surface area contributed by atoms with Crippen LogP contribution in [0.3, 0.4) is 0 Å². The van der Waals surface area contributed by atoms with Gasteiger partial charge in [0.15, 0.2) is 0 Å². The average Bonchev–Trinajstić information content (AvgIpc) is 3.32. The fourth-order valence-corrected chi connectivity index (χ4v) is 5.07. The summed E-state index contributed by atoms with van der Waals surface area (Å²) in [7, 11) is 0. The molecule has 0 aliphatic rings. The number of rotatable bonds is 4. The molecule has 0 atom stereocenters. The highest BCUT2D eigenvalue weighted by Gasteiger charge is 2.16. The van der Waals surface area contributed by atoms with Crippen LogP contribution in [0.25, 0.3) is 61.4 Å². The maximum absolute atomic E-state index is 5.16. The number of para-hydroxylation sites is 2. The molecule has 2 aromatic heterocycles. The van der Waals surface area contributed by atoms with E-state index in [0.717, 1.165) is 39.1 Å². The second-order valence-electron chi connectivity index (χ2n) is 9.12. The zero-order valence-corrected chi connectivity index (χ0v) is 20.1. The summed E-state index contributed by atoms with van der Waals surface area (Å²) in [5, 5.41) is 2.39. The number of hydrogen-bond donors (Lipinski definition) is 0. The Morgan fingerprint density at radius 3 is 1.51 bits per heavy atom. The Morgan fingerprint density at radius 2 is 0.865 bits per heavy atom. The Labute approximate surface area is 215 Å². The molecule has 0 amide bonds. The van der Waals surface area contributed by atoms with Gasteiger partial charge in [-0.3, -0.25) is 4.57 Å². The van der Waals surface area contributed by atoms with E-state index < -0.39 is 0 Å². The van der Waals surface area contributed by atoms with E-state index in [4.69, 9.17) is 9.97 Å². The summed E-state index contributed by atoms with van der Waals surface area (Å²) < 4.78 is 2.18. The van der Waals surface area contributed by atoms with Crippen LogP contribution in [0.4, 0.5) is 0 Å². The van der Waals surface area contributed by atoms with Crippen molar-refractivity contribution in [2.24, 2.45) is 0 Å². The zero-order valence-electron chi connectivity index (χ0n) is 20.1. The lowest BCUT2D eigenvalue weighted by Gasteiger charge is -2.12. The van der Waals surface area contributed by atoms with Gasteiger partial charge in [-0.1, -0.05) is 115 Å². The normalized spacial score (nSPS) is 11.2. The standard InChI is InChI=1S/C34H23N3/c1-3-12-24(13-4-1)26-16-11-17-27(22-26)31-23-30(25-14-5-2-6-15-25)35-34(36-31)37-32-20-9-7-18-28(32)29-19-8-10-21-33(29)37/h1-23H. The minimum Gasteiger partial charge on any atom is -0.278 e. The largest absolute Gasteiger partial charge is 0.278 e. The van der Waals surface area contributed by atoms with Crippen molar-refractivity contribution in [3.8, 4) is 39.6 Å². The van der Waals surface area contributed by atoms with E-state index in [1.54, 1.807) is 0 Å². The average molecular weight is 474 g/mol. The van der Waals surface area contributed by atoms with Gasteiger partial charge in [-0.25, -0.2) is 9.97 Å². The van der Waals surface area contributed by atoms with Crippen LogP contribution in [-0.4, -0.2) is 14.5 Å². The smallest absolute Gasteiger partial charge is 0.235 e. The van der Waals surface area contributed by atoms with Crippen LogP contribution >= 0.6 is 0 Å². The molecule has 7 rings (SSSR count). The van der Waals surface area contributed by atoms with Gasteiger partial charge in [-0.2, -0.15) is 0 Å². The van der Waals surface area contributed by atoms with Crippen LogP contribution in [0.15, 0.2) is 140 Å². The number of benzene rings is 5. The predicted molar refractivity (Wildman–Crippen MR) is 153 cm³/mol. The van der Waals surface area contributed by atoms with Crippen LogP contribution in [0.2, 0.25) is 0 Å². The van der Waals surface area contributed by atoms with E-state index in [-0.39, 0.29) is 0 Å².